The third-order valence-corrected chi connectivity index (χ3v) is 3.88. The van der Waals surface area contributed by atoms with Crippen molar-refractivity contribution in [2.75, 3.05) is 7.11 Å². The van der Waals surface area contributed by atoms with Gasteiger partial charge in [0.05, 0.1) is 12.2 Å². The van der Waals surface area contributed by atoms with E-state index in [9.17, 15) is 0 Å². The minimum Gasteiger partial charge on any atom is -0.369 e. The van der Waals surface area contributed by atoms with E-state index in [4.69, 9.17) is 18.9 Å². The summed E-state index contributed by atoms with van der Waals surface area (Å²) in [5.41, 5.74) is 0. The average Bonchev–Trinajstić information content (AvgIpc) is 2.78. The number of ether oxygens (including phenoxy) is 4. The Bertz CT molecular complexity index is 222. The highest BCUT2D eigenvalue weighted by atomic mass is 16.9. The molecule has 0 aromatic carbocycles. The molecule has 0 aliphatic carbocycles. The first kappa shape index (κ1) is 9.09. The monoisotopic (exact) mass is 200 g/mol. The molecule has 0 amide bonds. The fourth-order valence-electron chi connectivity index (χ4n) is 2.86. The molecule has 6 atom stereocenters. The summed E-state index contributed by atoms with van der Waals surface area (Å²) >= 11 is 0. The van der Waals surface area contributed by atoms with Crippen molar-refractivity contribution in [1.29, 1.82) is 0 Å². The van der Waals surface area contributed by atoms with Gasteiger partial charge in [-0.15, -0.1) is 0 Å². The van der Waals surface area contributed by atoms with Gasteiger partial charge in [0, 0.05) is 7.11 Å². The Kier molecular flexibility index (Phi) is 1.89. The lowest BCUT2D eigenvalue weighted by Gasteiger charge is -2.27. The van der Waals surface area contributed by atoms with Gasteiger partial charge in [-0.2, -0.15) is 0 Å². The normalized spacial score (nSPS) is 60.6. The van der Waals surface area contributed by atoms with Crippen molar-refractivity contribution in [3.8, 4) is 0 Å². The zero-order valence-corrected chi connectivity index (χ0v) is 8.67. The molecular weight excluding hydrogens is 184 g/mol. The molecule has 14 heavy (non-hydrogen) atoms. The van der Waals surface area contributed by atoms with E-state index in [0.29, 0.717) is 11.8 Å². The summed E-state index contributed by atoms with van der Waals surface area (Å²) < 4.78 is 22.1. The zero-order chi connectivity index (χ0) is 9.87. The van der Waals surface area contributed by atoms with Crippen LogP contribution >= 0.6 is 0 Å². The molecule has 80 valence electrons. The Morgan fingerprint density at radius 1 is 0.786 bits per heavy atom. The molecule has 0 spiro atoms. The molecule has 0 saturated carbocycles. The highest BCUT2D eigenvalue weighted by molar-refractivity contribution is 5.06. The highest BCUT2D eigenvalue weighted by Gasteiger charge is 2.61. The highest BCUT2D eigenvalue weighted by Crippen LogP contribution is 2.48. The predicted octanol–water partition coefficient (Wildman–Crippen LogP) is 0.754. The lowest BCUT2D eigenvalue weighted by atomic mass is 9.79. The molecule has 0 radical (unpaired) electrons. The van der Waals surface area contributed by atoms with Gasteiger partial charge in [0.1, 0.15) is 12.2 Å². The molecule has 3 saturated heterocycles. The average molecular weight is 200 g/mol. The molecule has 0 aromatic heterocycles. The first-order valence-electron chi connectivity index (χ1n) is 5.21. The molecule has 0 N–H and O–H groups in total. The Morgan fingerprint density at radius 2 is 1.29 bits per heavy atom. The van der Waals surface area contributed by atoms with Crippen LogP contribution in [0.25, 0.3) is 0 Å². The second-order valence-electron chi connectivity index (χ2n) is 4.51. The lowest BCUT2D eigenvalue weighted by molar-refractivity contribution is -0.246. The number of rotatable bonds is 1. The molecule has 2 bridgehead atoms. The summed E-state index contributed by atoms with van der Waals surface area (Å²) in [5.74, 6) is 1.11. The van der Waals surface area contributed by atoms with Crippen molar-refractivity contribution in [3.05, 3.63) is 0 Å². The lowest BCUT2D eigenvalue weighted by Crippen LogP contribution is -2.42. The predicted molar refractivity (Wildman–Crippen MR) is 47.5 cm³/mol. The van der Waals surface area contributed by atoms with Gasteiger partial charge in [0.2, 0.25) is 0 Å². The summed E-state index contributed by atoms with van der Waals surface area (Å²) in [5, 5.41) is 0. The van der Waals surface area contributed by atoms with Crippen LogP contribution in [-0.2, 0) is 18.9 Å². The van der Waals surface area contributed by atoms with Crippen LogP contribution < -0.4 is 0 Å². The summed E-state index contributed by atoms with van der Waals surface area (Å²) in [7, 11) is 1.60. The molecule has 4 heteroatoms. The fourth-order valence-corrected chi connectivity index (χ4v) is 2.86. The van der Waals surface area contributed by atoms with E-state index in [1.54, 1.807) is 7.11 Å². The Balaban J connectivity index is 1.82. The van der Waals surface area contributed by atoms with E-state index in [1.807, 2.05) is 0 Å². The van der Waals surface area contributed by atoms with Gasteiger partial charge in [0.15, 0.2) is 0 Å². The van der Waals surface area contributed by atoms with Crippen molar-refractivity contribution in [1.82, 2.24) is 0 Å². The minimum absolute atomic E-state index is 0.0798. The first-order valence-corrected chi connectivity index (χ1v) is 5.21. The maximum absolute atomic E-state index is 5.85. The van der Waals surface area contributed by atoms with Crippen LogP contribution in [0.2, 0.25) is 0 Å². The Morgan fingerprint density at radius 3 is 1.71 bits per heavy atom. The van der Waals surface area contributed by atoms with Gasteiger partial charge in [-0.05, 0) is 11.8 Å². The van der Waals surface area contributed by atoms with Crippen molar-refractivity contribution in [3.63, 3.8) is 0 Å². The van der Waals surface area contributed by atoms with Crippen LogP contribution in [0.4, 0.5) is 0 Å². The van der Waals surface area contributed by atoms with Crippen LogP contribution in [0, 0.1) is 11.8 Å². The van der Waals surface area contributed by atoms with Gasteiger partial charge in [-0.25, -0.2) is 0 Å². The maximum atomic E-state index is 5.85. The SMILES string of the molecule is COC1OC2C3OC(C(C)C3C)C2O1. The standard InChI is InChI=1S/C10H16O4/c1-4-5(2)7-9-8(6(4)12-7)13-10(11-3)14-9/h4-10H,1-3H3. The molecular formula is C10H16O4. The molecule has 6 unspecified atom stereocenters. The molecule has 3 rings (SSSR count). The van der Waals surface area contributed by atoms with Crippen molar-refractivity contribution < 1.29 is 18.9 Å². The van der Waals surface area contributed by atoms with Gasteiger partial charge in [-0.3, -0.25) is 0 Å². The van der Waals surface area contributed by atoms with Gasteiger partial charge >= 0.3 is 0 Å². The number of hydrogen-bond donors (Lipinski definition) is 0. The molecule has 3 aliphatic rings. The minimum atomic E-state index is -0.489. The van der Waals surface area contributed by atoms with Crippen molar-refractivity contribution in [2.24, 2.45) is 11.8 Å². The third kappa shape index (κ3) is 0.972. The molecule has 0 aromatic rings. The Labute approximate surface area is 83.5 Å². The smallest absolute Gasteiger partial charge is 0.272 e. The van der Waals surface area contributed by atoms with E-state index in [1.165, 1.54) is 0 Å². The van der Waals surface area contributed by atoms with Crippen LogP contribution in [0.5, 0.6) is 0 Å². The summed E-state index contributed by atoms with van der Waals surface area (Å²) in [6.07, 6.45) is 0.549. The van der Waals surface area contributed by atoms with E-state index in [2.05, 4.69) is 13.8 Å². The van der Waals surface area contributed by atoms with E-state index >= 15 is 0 Å². The summed E-state index contributed by atoms with van der Waals surface area (Å²) in [4.78, 5) is 0. The fraction of sp³-hybridized carbons (Fsp3) is 1.00. The zero-order valence-electron chi connectivity index (χ0n) is 8.67. The van der Waals surface area contributed by atoms with Gasteiger partial charge in [-0.1, -0.05) is 13.8 Å². The molecule has 3 heterocycles. The van der Waals surface area contributed by atoms with Crippen molar-refractivity contribution in [2.45, 2.75) is 44.7 Å². The second-order valence-corrected chi connectivity index (χ2v) is 4.51. The van der Waals surface area contributed by atoms with Gasteiger partial charge in [0.25, 0.3) is 6.48 Å². The summed E-state index contributed by atoms with van der Waals surface area (Å²) in [6, 6.07) is 0. The molecule has 3 fully saturated rings. The van der Waals surface area contributed by atoms with Crippen LogP contribution in [0.1, 0.15) is 13.8 Å². The number of fused-ring (bicyclic) bond motifs is 5. The molecule has 4 nitrogen and oxygen atoms in total. The summed E-state index contributed by atoms with van der Waals surface area (Å²) in [6.45, 7) is 3.95. The third-order valence-electron chi connectivity index (χ3n) is 3.88. The van der Waals surface area contributed by atoms with Crippen molar-refractivity contribution >= 4 is 0 Å². The van der Waals surface area contributed by atoms with E-state index in [-0.39, 0.29) is 24.4 Å². The topological polar surface area (TPSA) is 36.9 Å². The quantitative estimate of drug-likeness (QED) is 0.626. The number of hydrogen-bond acceptors (Lipinski definition) is 4. The Hall–Kier alpha value is -0.160. The van der Waals surface area contributed by atoms with Crippen LogP contribution in [-0.4, -0.2) is 38.0 Å². The largest absolute Gasteiger partial charge is 0.369 e. The van der Waals surface area contributed by atoms with Crippen LogP contribution in [0.3, 0.4) is 0 Å². The number of methoxy groups -OCH3 is 1. The second kappa shape index (κ2) is 2.92. The maximum Gasteiger partial charge on any atom is 0.272 e. The molecule has 3 aliphatic heterocycles. The first-order chi connectivity index (χ1) is 6.72. The van der Waals surface area contributed by atoms with E-state index < -0.39 is 6.48 Å². The van der Waals surface area contributed by atoms with Crippen LogP contribution in [0.15, 0.2) is 0 Å². The van der Waals surface area contributed by atoms with E-state index in [0.717, 1.165) is 0 Å². The van der Waals surface area contributed by atoms with Gasteiger partial charge < -0.3 is 18.9 Å².